The molecular formula is C14H24ClNO2. The fourth-order valence-electron chi connectivity index (χ4n) is 2.47. The van der Waals surface area contributed by atoms with Gasteiger partial charge in [-0.1, -0.05) is 13.8 Å². The standard InChI is InChI=1S/C14H24ClNO2/c1-11-12(6-5-7-14(11,2)3)16(8-9-18-4)13(17)10-15/h5-10H2,1-4H3. The smallest absolute Gasteiger partial charge is 0.241 e. The minimum atomic E-state index is -0.0271. The van der Waals surface area contributed by atoms with E-state index < -0.39 is 0 Å². The third-order valence-electron chi connectivity index (χ3n) is 3.92. The summed E-state index contributed by atoms with van der Waals surface area (Å²) in [5.41, 5.74) is 2.63. The second-order valence-corrected chi connectivity index (χ2v) is 5.75. The molecule has 3 nitrogen and oxygen atoms in total. The Balaban J connectivity index is 3.00. The molecule has 0 fully saturated rings. The van der Waals surface area contributed by atoms with Gasteiger partial charge in [-0.2, -0.15) is 0 Å². The Kier molecular flexibility index (Phi) is 5.67. The van der Waals surface area contributed by atoms with E-state index in [1.165, 1.54) is 12.0 Å². The van der Waals surface area contributed by atoms with Crippen molar-refractivity contribution in [2.24, 2.45) is 5.41 Å². The van der Waals surface area contributed by atoms with Crippen LogP contribution in [-0.4, -0.2) is 36.9 Å². The zero-order valence-electron chi connectivity index (χ0n) is 11.9. The number of hydrogen-bond donors (Lipinski definition) is 0. The SMILES string of the molecule is COCCN(C(=O)CCl)C1=C(C)C(C)(C)CCC1. The summed E-state index contributed by atoms with van der Waals surface area (Å²) in [6.45, 7) is 7.74. The predicted octanol–water partition coefficient (Wildman–Crippen LogP) is 3.18. The van der Waals surface area contributed by atoms with Crippen LogP contribution >= 0.6 is 11.6 Å². The van der Waals surface area contributed by atoms with E-state index in [4.69, 9.17) is 16.3 Å². The molecule has 1 aliphatic rings. The summed E-state index contributed by atoms with van der Waals surface area (Å²) in [7, 11) is 1.65. The van der Waals surface area contributed by atoms with E-state index in [1.54, 1.807) is 7.11 Å². The number of hydrogen-bond acceptors (Lipinski definition) is 2. The van der Waals surface area contributed by atoms with Crippen molar-refractivity contribution >= 4 is 17.5 Å². The summed E-state index contributed by atoms with van der Waals surface area (Å²) in [4.78, 5) is 13.8. The molecule has 0 atom stereocenters. The fourth-order valence-corrected chi connectivity index (χ4v) is 2.61. The van der Waals surface area contributed by atoms with Gasteiger partial charge in [0, 0.05) is 19.4 Å². The van der Waals surface area contributed by atoms with Crippen LogP contribution in [0.3, 0.4) is 0 Å². The van der Waals surface area contributed by atoms with Gasteiger partial charge in [0.05, 0.1) is 6.61 Å². The predicted molar refractivity (Wildman–Crippen MR) is 74.6 cm³/mol. The second kappa shape index (κ2) is 6.58. The molecule has 0 bridgehead atoms. The van der Waals surface area contributed by atoms with Crippen molar-refractivity contribution in [3.8, 4) is 0 Å². The zero-order valence-corrected chi connectivity index (χ0v) is 12.6. The van der Waals surface area contributed by atoms with Gasteiger partial charge in [-0.25, -0.2) is 0 Å². The van der Waals surface area contributed by atoms with Crippen molar-refractivity contribution in [3.63, 3.8) is 0 Å². The number of ether oxygens (including phenoxy) is 1. The van der Waals surface area contributed by atoms with E-state index in [0.29, 0.717) is 13.2 Å². The molecule has 104 valence electrons. The van der Waals surface area contributed by atoms with Crippen molar-refractivity contribution in [1.29, 1.82) is 0 Å². The number of amides is 1. The molecule has 1 amide bonds. The average Bonchev–Trinajstić information content (AvgIpc) is 2.34. The molecule has 4 heteroatoms. The molecule has 0 N–H and O–H groups in total. The average molecular weight is 274 g/mol. The molecule has 0 aromatic rings. The van der Waals surface area contributed by atoms with Gasteiger partial charge in [0.25, 0.3) is 0 Å². The molecule has 0 spiro atoms. The highest BCUT2D eigenvalue weighted by atomic mass is 35.5. The van der Waals surface area contributed by atoms with E-state index in [1.807, 2.05) is 4.90 Å². The molecule has 0 unspecified atom stereocenters. The fraction of sp³-hybridized carbons (Fsp3) is 0.786. The Labute approximate surface area is 115 Å². The van der Waals surface area contributed by atoms with Gasteiger partial charge in [-0.15, -0.1) is 11.6 Å². The number of halogens is 1. The van der Waals surface area contributed by atoms with Crippen LogP contribution in [0.25, 0.3) is 0 Å². The number of alkyl halides is 1. The van der Waals surface area contributed by atoms with Crippen molar-refractivity contribution < 1.29 is 9.53 Å². The van der Waals surface area contributed by atoms with Gasteiger partial charge in [-0.3, -0.25) is 4.79 Å². The van der Waals surface area contributed by atoms with Crippen LogP contribution in [0, 0.1) is 5.41 Å². The van der Waals surface area contributed by atoms with Gasteiger partial charge in [0.15, 0.2) is 0 Å². The number of carbonyl (C=O) groups excluding carboxylic acids is 1. The second-order valence-electron chi connectivity index (χ2n) is 5.48. The number of rotatable bonds is 5. The van der Waals surface area contributed by atoms with Crippen molar-refractivity contribution in [2.45, 2.75) is 40.0 Å². The van der Waals surface area contributed by atoms with Crippen LogP contribution in [0.4, 0.5) is 0 Å². The Morgan fingerprint density at radius 3 is 2.72 bits per heavy atom. The third-order valence-corrected chi connectivity index (χ3v) is 4.15. The van der Waals surface area contributed by atoms with E-state index >= 15 is 0 Å². The van der Waals surface area contributed by atoms with Gasteiger partial charge < -0.3 is 9.64 Å². The van der Waals surface area contributed by atoms with Crippen LogP contribution in [0.1, 0.15) is 40.0 Å². The number of nitrogens with zero attached hydrogens (tertiary/aromatic N) is 1. The number of carbonyl (C=O) groups is 1. The Bertz CT molecular complexity index is 337. The lowest BCUT2D eigenvalue weighted by Gasteiger charge is -2.37. The summed E-state index contributed by atoms with van der Waals surface area (Å²) >= 11 is 5.71. The van der Waals surface area contributed by atoms with Crippen molar-refractivity contribution in [3.05, 3.63) is 11.3 Å². The lowest BCUT2D eigenvalue weighted by atomic mass is 9.75. The highest BCUT2D eigenvalue weighted by molar-refractivity contribution is 6.27. The molecule has 18 heavy (non-hydrogen) atoms. The van der Waals surface area contributed by atoms with Crippen LogP contribution in [0.2, 0.25) is 0 Å². The van der Waals surface area contributed by atoms with Crippen LogP contribution < -0.4 is 0 Å². The number of methoxy groups -OCH3 is 1. The maximum Gasteiger partial charge on any atom is 0.241 e. The van der Waals surface area contributed by atoms with E-state index in [2.05, 4.69) is 20.8 Å². The minimum absolute atomic E-state index is 0.0271. The molecule has 0 aliphatic heterocycles. The van der Waals surface area contributed by atoms with E-state index in [-0.39, 0.29) is 17.2 Å². The Hall–Kier alpha value is -0.540. The molecule has 0 radical (unpaired) electrons. The van der Waals surface area contributed by atoms with Gasteiger partial charge >= 0.3 is 0 Å². The summed E-state index contributed by atoms with van der Waals surface area (Å²) in [5, 5.41) is 0. The lowest BCUT2D eigenvalue weighted by Crippen LogP contribution is -2.37. The van der Waals surface area contributed by atoms with E-state index in [9.17, 15) is 4.79 Å². The molecule has 1 rings (SSSR count). The summed E-state index contributed by atoms with van der Waals surface area (Å²) in [6, 6.07) is 0. The first-order valence-electron chi connectivity index (χ1n) is 6.49. The summed E-state index contributed by atoms with van der Waals surface area (Å²) in [6.07, 6.45) is 3.26. The zero-order chi connectivity index (χ0) is 13.8. The lowest BCUT2D eigenvalue weighted by molar-refractivity contribution is -0.127. The molecular weight excluding hydrogens is 250 g/mol. The van der Waals surface area contributed by atoms with Gasteiger partial charge in [0.2, 0.25) is 5.91 Å². The first kappa shape index (κ1) is 15.5. The van der Waals surface area contributed by atoms with Crippen molar-refractivity contribution in [1.82, 2.24) is 4.90 Å². The molecule has 0 aromatic heterocycles. The first-order chi connectivity index (χ1) is 8.44. The summed E-state index contributed by atoms with van der Waals surface area (Å²) in [5.74, 6) is 0.00163. The molecule has 0 heterocycles. The van der Waals surface area contributed by atoms with E-state index in [0.717, 1.165) is 18.5 Å². The monoisotopic (exact) mass is 273 g/mol. The highest BCUT2D eigenvalue weighted by Crippen LogP contribution is 2.40. The third kappa shape index (κ3) is 3.48. The number of allylic oxidation sites excluding steroid dienone is 2. The van der Waals surface area contributed by atoms with Crippen LogP contribution in [0.15, 0.2) is 11.3 Å². The van der Waals surface area contributed by atoms with Crippen molar-refractivity contribution in [2.75, 3.05) is 26.1 Å². The molecule has 0 saturated carbocycles. The molecule has 0 aromatic carbocycles. The quantitative estimate of drug-likeness (QED) is 0.720. The van der Waals surface area contributed by atoms with Gasteiger partial charge in [0.1, 0.15) is 5.88 Å². The van der Waals surface area contributed by atoms with Gasteiger partial charge in [-0.05, 0) is 37.2 Å². The highest BCUT2D eigenvalue weighted by Gasteiger charge is 2.30. The maximum absolute atomic E-state index is 12.0. The largest absolute Gasteiger partial charge is 0.383 e. The summed E-state index contributed by atoms with van der Waals surface area (Å²) < 4.78 is 5.09. The topological polar surface area (TPSA) is 29.5 Å². The first-order valence-corrected chi connectivity index (χ1v) is 7.03. The maximum atomic E-state index is 12.0. The van der Waals surface area contributed by atoms with Crippen LogP contribution in [0.5, 0.6) is 0 Å². The molecule has 0 saturated heterocycles. The van der Waals surface area contributed by atoms with Crippen LogP contribution in [-0.2, 0) is 9.53 Å². The Morgan fingerprint density at radius 1 is 1.50 bits per heavy atom. The Morgan fingerprint density at radius 2 is 2.17 bits per heavy atom. The minimum Gasteiger partial charge on any atom is -0.383 e. The molecule has 1 aliphatic carbocycles. The normalized spacial score (nSPS) is 18.9.